The minimum atomic E-state index is -2.29. The third kappa shape index (κ3) is 9.93. The van der Waals surface area contributed by atoms with Gasteiger partial charge in [-0.25, -0.2) is 9.78 Å². The van der Waals surface area contributed by atoms with Gasteiger partial charge in [0.25, 0.3) is 5.91 Å². The van der Waals surface area contributed by atoms with Gasteiger partial charge >= 0.3 is 6.09 Å². The number of aromatic nitrogens is 2. The van der Waals surface area contributed by atoms with Crippen molar-refractivity contribution >= 4 is 31.9 Å². The Kier molecular flexibility index (Phi) is 11.9. The zero-order valence-corrected chi connectivity index (χ0v) is 33.3. The van der Waals surface area contributed by atoms with E-state index in [4.69, 9.17) is 20.8 Å². The van der Waals surface area contributed by atoms with Crippen LogP contribution >= 0.6 is 11.6 Å². The molecule has 1 aliphatic heterocycles. The Morgan fingerprint density at radius 1 is 0.980 bits per heavy atom. The summed E-state index contributed by atoms with van der Waals surface area (Å²) in [6, 6.07) is 12.8. The van der Waals surface area contributed by atoms with Crippen molar-refractivity contribution in [3.8, 4) is 0 Å². The number of likely N-dealkylation sites (tertiary alicyclic amines) is 1. The van der Waals surface area contributed by atoms with E-state index in [1.54, 1.807) is 50.5 Å². The maximum absolute atomic E-state index is 14.0. The van der Waals surface area contributed by atoms with Crippen LogP contribution in [0.5, 0.6) is 0 Å². The van der Waals surface area contributed by atoms with E-state index in [9.17, 15) is 14.7 Å². The molecule has 3 aromatic rings. The smallest absolute Gasteiger partial charge is 0.410 e. The fraction of sp³-hybridized carbons (Fsp3) is 0.538. The lowest BCUT2D eigenvalue weighted by Crippen LogP contribution is -2.50. The number of rotatable bonds is 10. The maximum Gasteiger partial charge on any atom is 0.410 e. The lowest BCUT2D eigenvalue weighted by molar-refractivity contribution is -0.00244. The lowest BCUT2D eigenvalue weighted by Gasteiger charge is -2.43. The van der Waals surface area contributed by atoms with Gasteiger partial charge in [-0.15, -0.1) is 0 Å². The van der Waals surface area contributed by atoms with Gasteiger partial charge in [0, 0.05) is 54.9 Å². The Morgan fingerprint density at radius 2 is 1.64 bits per heavy atom. The first kappa shape index (κ1) is 39.5. The number of carbonyl (C=O) groups excluding carboxylic acids is 2. The number of benzene rings is 1. The van der Waals surface area contributed by atoms with Crippen LogP contribution < -0.4 is 0 Å². The van der Waals surface area contributed by atoms with E-state index in [1.807, 2.05) is 62.1 Å². The van der Waals surface area contributed by atoms with Crippen molar-refractivity contribution < 1.29 is 23.9 Å². The molecule has 0 unspecified atom stereocenters. The molecule has 0 radical (unpaired) electrons. The van der Waals surface area contributed by atoms with E-state index < -0.39 is 25.6 Å². The number of halogens is 1. The first-order valence-electron chi connectivity index (χ1n) is 17.4. The highest BCUT2D eigenvalue weighted by Gasteiger charge is 2.48. The van der Waals surface area contributed by atoms with Crippen molar-refractivity contribution in [3.63, 3.8) is 0 Å². The van der Waals surface area contributed by atoms with Crippen LogP contribution in [0.3, 0.4) is 0 Å². The summed E-state index contributed by atoms with van der Waals surface area (Å²) in [6.45, 7) is 20.5. The molecule has 9 nitrogen and oxygen atoms in total. The Bertz CT molecular complexity index is 1630. The highest BCUT2D eigenvalue weighted by atomic mass is 35.5. The second-order valence-corrected chi connectivity index (χ2v) is 21.7. The van der Waals surface area contributed by atoms with Crippen LogP contribution in [-0.2, 0) is 27.7 Å². The van der Waals surface area contributed by atoms with Crippen LogP contribution in [0.1, 0.15) is 107 Å². The van der Waals surface area contributed by atoms with Crippen LogP contribution in [0.25, 0.3) is 0 Å². The van der Waals surface area contributed by atoms with E-state index in [2.05, 4.69) is 43.8 Å². The highest BCUT2D eigenvalue weighted by molar-refractivity contribution is 6.74. The molecule has 3 heterocycles. The number of pyridine rings is 2. The number of hydrogen-bond acceptors (Lipinski definition) is 7. The zero-order valence-electron chi connectivity index (χ0n) is 31.6. The van der Waals surface area contributed by atoms with Crippen molar-refractivity contribution in [2.24, 2.45) is 0 Å². The predicted molar refractivity (Wildman–Crippen MR) is 201 cm³/mol. The van der Waals surface area contributed by atoms with Gasteiger partial charge < -0.3 is 19.2 Å². The molecule has 1 aliphatic rings. The molecule has 3 atom stereocenters. The summed E-state index contributed by atoms with van der Waals surface area (Å²) in [4.78, 5) is 39.6. The Balaban J connectivity index is 1.58. The summed E-state index contributed by atoms with van der Waals surface area (Å²) in [7, 11) is -0.539. The van der Waals surface area contributed by atoms with Crippen molar-refractivity contribution in [1.82, 2.24) is 19.8 Å². The van der Waals surface area contributed by atoms with Crippen LogP contribution in [0, 0.1) is 0 Å². The molecule has 2 amide bonds. The summed E-state index contributed by atoms with van der Waals surface area (Å²) in [5.74, 6) is -0.122. The fourth-order valence-corrected chi connectivity index (χ4v) is 7.35. The molecule has 1 saturated heterocycles. The molecule has 0 spiro atoms. The molecule has 50 heavy (non-hydrogen) atoms. The number of hydrogen-bond donors (Lipinski definition) is 1. The monoisotopic (exact) mass is 722 g/mol. The molecule has 0 bridgehead atoms. The highest BCUT2D eigenvalue weighted by Crippen LogP contribution is 2.44. The number of carbonyl (C=O) groups is 2. The second-order valence-electron chi connectivity index (χ2n) is 16.6. The van der Waals surface area contributed by atoms with Gasteiger partial charge in [0.15, 0.2) is 8.32 Å². The molecule has 11 heteroatoms. The van der Waals surface area contributed by atoms with Gasteiger partial charge in [-0.05, 0) is 107 Å². The van der Waals surface area contributed by atoms with Crippen LogP contribution in [0.4, 0.5) is 4.79 Å². The van der Waals surface area contributed by atoms with Crippen molar-refractivity contribution in [2.75, 3.05) is 7.05 Å². The minimum Gasteiger partial charge on any atom is -0.444 e. The maximum atomic E-state index is 14.0. The lowest BCUT2D eigenvalue weighted by atomic mass is 9.99. The normalized spacial score (nSPS) is 17.8. The largest absolute Gasteiger partial charge is 0.444 e. The third-order valence-electron chi connectivity index (χ3n) is 9.75. The van der Waals surface area contributed by atoms with Crippen molar-refractivity contribution in [3.05, 3.63) is 94.0 Å². The van der Waals surface area contributed by atoms with Gasteiger partial charge in [0.05, 0.1) is 17.7 Å². The number of nitrogens with zero attached hydrogens (tertiary/aromatic N) is 4. The first-order valence-corrected chi connectivity index (χ1v) is 20.7. The van der Waals surface area contributed by atoms with Crippen LogP contribution in [0.2, 0.25) is 23.3 Å². The SMILES string of the molecule is CN(Cc1cncc(C(C)(C)O)c1)C(=O)c1ccc(C[C@@H]2CC[C@H]([C@H](O[Si](C)(C)C(C)(C)C)c3ccc(Cl)nc3)N2C(=O)OC(C)(C)C)cc1. The minimum absolute atomic E-state index is 0.0512. The topological polar surface area (TPSA) is 105 Å². The Morgan fingerprint density at radius 3 is 2.20 bits per heavy atom. The standard InChI is InChI=1S/C39H55ClN4O5Si/c1-37(2,3)48-36(46)44-31(17-18-32(44)34(29-16-19-33(40)42-23-29)49-50(10,11)38(4,5)6)21-26-12-14-28(15-13-26)35(45)43(9)25-27-20-30(24-41-22-27)39(7,8)47/h12-16,19-20,22-24,31-32,34,47H,17-18,21,25H2,1-11H3/t31-,32+,34+/m0/s1. The van der Waals surface area contributed by atoms with Crippen LogP contribution in [-0.4, -0.2) is 69.9 Å². The first-order chi connectivity index (χ1) is 23.1. The van der Waals surface area contributed by atoms with Crippen molar-refractivity contribution in [1.29, 1.82) is 0 Å². The summed E-state index contributed by atoms with van der Waals surface area (Å²) in [6.07, 6.45) is 6.42. The molecule has 2 aromatic heterocycles. The van der Waals surface area contributed by atoms with Gasteiger partial charge in [-0.2, -0.15) is 0 Å². The zero-order chi connectivity index (χ0) is 37.2. The van der Waals surface area contributed by atoms with Gasteiger partial charge in [-0.3, -0.25) is 14.7 Å². The average Bonchev–Trinajstić information content (AvgIpc) is 3.42. The average molecular weight is 723 g/mol. The molecular weight excluding hydrogens is 668 g/mol. The van der Waals surface area contributed by atoms with Crippen molar-refractivity contribution in [2.45, 2.75) is 129 Å². The van der Waals surface area contributed by atoms with E-state index in [0.717, 1.165) is 29.5 Å². The van der Waals surface area contributed by atoms with E-state index in [-0.39, 0.29) is 29.1 Å². The Hall–Kier alpha value is -3.31. The van der Waals surface area contributed by atoms with Crippen LogP contribution in [0.15, 0.2) is 61.1 Å². The quantitative estimate of drug-likeness (QED) is 0.165. The summed E-state index contributed by atoms with van der Waals surface area (Å²) >= 11 is 6.19. The Labute approximate surface area is 304 Å². The fourth-order valence-electron chi connectivity index (χ4n) is 5.96. The number of amides is 2. The van der Waals surface area contributed by atoms with Gasteiger partial charge in [-0.1, -0.05) is 50.6 Å². The summed E-state index contributed by atoms with van der Waals surface area (Å²) in [5.41, 5.74) is 2.29. The molecule has 272 valence electrons. The molecule has 4 rings (SSSR count). The van der Waals surface area contributed by atoms with E-state index in [1.165, 1.54) is 0 Å². The number of ether oxygens (including phenoxy) is 1. The molecule has 1 N–H and O–H groups in total. The predicted octanol–water partition coefficient (Wildman–Crippen LogP) is 8.70. The molecule has 1 aromatic carbocycles. The molecular formula is C39H55ClN4O5Si. The summed E-state index contributed by atoms with van der Waals surface area (Å²) in [5, 5.41) is 10.7. The number of aliphatic hydroxyl groups is 1. The molecule has 0 aliphatic carbocycles. The van der Waals surface area contributed by atoms with Gasteiger partial charge in [0.1, 0.15) is 10.8 Å². The molecule has 0 saturated carbocycles. The third-order valence-corrected chi connectivity index (χ3v) is 14.4. The van der Waals surface area contributed by atoms with E-state index in [0.29, 0.717) is 29.2 Å². The summed E-state index contributed by atoms with van der Waals surface area (Å²) < 4.78 is 13.1. The van der Waals surface area contributed by atoms with Gasteiger partial charge in [0.2, 0.25) is 0 Å². The van der Waals surface area contributed by atoms with E-state index >= 15 is 0 Å². The molecule has 1 fully saturated rings. The second kappa shape index (κ2) is 15.1.